The Morgan fingerprint density at radius 1 is 0.485 bits per heavy atom. The van der Waals surface area contributed by atoms with Gasteiger partial charge in [0.05, 0.1) is 0 Å². The van der Waals surface area contributed by atoms with Gasteiger partial charge in [-0.3, -0.25) is 9.59 Å². The normalized spacial score (nSPS) is 10.7. The van der Waals surface area contributed by atoms with Gasteiger partial charge in [0.25, 0.3) is 0 Å². The van der Waals surface area contributed by atoms with Gasteiger partial charge in [0, 0.05) is 32.3 Å². The zero-order chi connectivity index (χ0) is 24.1. The zero-order valence-electron chi connectivity index (χ0n) is 21.9. The predicted octanol–water partition coefficient (Wildman–Crippen LogP) is 9.09. The molecule has 0 atom stereocenters. The van der Waals surface area contributed by atoms with Crippen LogP contribution in [0.25, 0.3) is 0 Å². The summed E-state index contributed by atoms with van der Waals surface area (Å²) in [5, 5.41) is 16.9. The van der Waals surface area contributed by atoms with Crippen LogP contribution >= 0.6 is 0 Å². The molecular weight excluding hydrogens is 466 g/mol. The minimum Gasteiger partial charge on any atom is -0.481 e. The summed E-state index contributed by atoms with van der Waals surface area (Å²) in [5.74, 6) is -1.38. The Kier molecular flexibility index (Phi) is 36.9. The van der Waals surface area contributed by atoms with Crippen LogP contribution in [0.3, 0.4) is 0 Å². The van der Waals surface area contributed by atoms with Gasteiger partial charge < -0.3 is 10.2 Å². The van der Waals surface area contributed by atoms with Crippen molar-refractivity contribution in [2.45, 2.75) is 142 Å². The maximum atomic E-state index is 10.2. The molecule has 2 N–H and O–H groups in total. The van der Waals surface area contributed by atoms with E-state index in [1.54, 1.807) is 0 Å². The van der Waals surface area contributed by atoms with Gasteiger partial charge in [-0.25, -0.2) is 0 Å². The third-order valence-corrected chi connectivity index (χ3v) is 5.30. The van der Waals surface area contributed by atoms with Crippen LogP contribution in [0.2, 0.25) is 0 Å². The fourth-order valence-electron chi connectivity index (χ4n) is 3.30. The molecule has 0 aliphatic rings. The maximum Gasteiger partial charge on any atom is 0.303 e. The molecule has 0 aromatic carbocycles. The molecule has 0 aromatic heterocycles. The Hall–Kier alpha value is -0.957. The maximum absolute atomic E-state index is 10.2. The van der Waals surface area contributed by atoms with Crippen LogP contribution in [0.4, 0.5) is 0 Å². The summed E-state index contributed by atoms with van der Waals surface area (Å²) >= 11 is 0. The summed E-state index contributed by atoms with van der Waals surface area (Å²) in [6, 6.07) is 0. The van der Waals surface area contributed by atoms with E-state index in [0.717, 1.165) is 38.5 Å². The van der Waals surface area contributed by atoms with Crippen LogP contribution in [0, 0.1) is 0 Å². The fraction of sp³-hybridized carbons (Fsp3) is 0.786. The molecular formula is C28H52O4Zn. The number of allylic oxidation sites excluding steroid dienone is 4. The summed E-state index contributed by atoms with van der Waals surface area (Å²) in [6.07, 6.45) is 30.9. The van der Waals surface area contributed by atoms with E-state index >= 15 is 0 Å². The molecule has 0 radical (unpaired) electrons. The number of carboxylic acids is 2. The van der Waals surface area contributed by atoms with Gasteiger partial charge in [-0.2, -0.15) is 0 Å². The molecule has 33 heavy (non-hydrogen) atoms. The van der Waals surface area contributed by atoms with E-state index < -0.39 is 11.9 Å². The second kappa shape index (κ2) is 33.2. The van der Waals surface area contributed by atoms with Crippen molar-refractivity contribution in [3.05, 3.63) is 24.3 Å². The molecule has 0 saturated carbocycles. The van der Waals surface area contributed by atoms with Crippen molar-refractivity contribution in [2.24, 2.45) is 0 Å². The number of rotatable bonds is 22. The molecule has 0 bridgehead atoms. The van der Waals surface area contributed by atoms with Crippen LogP contribution in [0.15, 0.2) is 24.3 Å². The summed E-state index contributed by atoms with van der Waals surface area (Å²) in [7, 11) is 0. The first-order valence-corrected chi connectivity index (χ1v) is 13.3. The van der Waals surface area contributed by atoms with E-state index in [2.05, 4.69) is 38.2 Å². The van der Waals surface area contributed by atoms with Crippen molar-refractivity contribution in [3.8, 4) is 0 Å². The summed E-state index contributed by atoms with van der Waals surface area (Å²) in [4.78, 5) is 20.5. The molecule has 0 saturated heterocycles. The van der Waals surface area contributed by atoms with Gasteiger partial charge in [-0.1, -0.05) is 102 Å². The number of aliphatic carboxylic acids is 2. The van der Waals surface area contributed by atoms with Crippen molar-refractivity contribution >= 4 is 11.9 Å². The average molecular weight is 518 g/mol. The molecule has 4 nitrogen and oxygen atoms in total. The third-order valence-electron chi connectivity index (χ3n) is 5.30. The molecule has 0 rings (SSSR count). The zero-order valence-corrected chi connectivity index (χ0v) is 24.8. The quantitative estimate of drug-likeness (QED) is 0.0852. The van der Waals surface area contributed by atoms with Gasteiger partial charge >= 0.3 is 11.9 Å². The topological polar surface area (TPSA) is 74.6 Å². The van der Waals surface area contributed by atoms with Crippen molar-refractivity contribution in [1.29, 1.82) is 0 Å². The van der Waals surface area contributed by atoms with E-state index in [0.29, 0.717) is 12.8 Å². The molecule has 5 heteroatoms. The second-order valence-corrected chi connectivity index (χ2v) is 8.63. The van der Waals surface area contributed by atoms with Crippen molar-refractivity contribution in [2.75, 3.05) is 0 Å². The van der Waals surface area contributed by atoms with E-state index in [-0.39, 0.29) is 19.5 Å². The molecule has 0 fully saturated rings. The van der Waals surface area contributed by atoms with Crippen LogP contribution < -0.4 is 0 Å². The van der Waals surface area contributed by atoms with Gasteiger partial charge in [0.15, 0.2) is 0 Å². The molecule has 190 valence electrons. The van der Waals surface area contributed by atoms with E-state index in [1.807, 2.05) is 0 Å². The summed E-state index contributed by atoms with van der Waals surface area (Å²) in [5.41, 5.74) is 0. The Labute approximate surface area is 217 Å². The monoisotopic (exact) mass is 516 g/mol. The largest absolute Gasteiger partial charge is 0.481 e. The summed E-state index contributed by atoms with van der Waals surface area (Å²) in [6.45, 7) is 4.47. The molecule has 0 heterocycles. The van der Waals surface area contributed by atoms with Gasteiger partial charge in [-0.15, -0.1) is 0 Å². The minimum absolute atomic E-state index is 0. The van der Waals surface area contributed by atoms with E-state index in [4.69, 9.17) is 10.2 Å². The molecule has 0 aromatic rings. The Bertz CT molecular complexity index is 419. The molecule has 0 aliphatic heterocycles. The van der Waals surface area contributed by atoms with Crippen molar-refractivity contribution < 1.29 is 39.3 Å². The molecule has 0 unspecified atom stereocenters. The predicted molar refractivity (Wildman–Crippen MR) is 137 cm³/mol. The first-order chi connectivity index (χ1) is 15.5. The van der Waals surface area contributed by atoms with Crippen LogP contribution in [-0.2, 0) is 29.1 Å². The fourth-order valence-corrected chi connectivity index (χ4v) is 3.30. The molecule has 0 aliphatic carbocycles. The SMILES string of the molecule is CCCCCCCCC=CCCCC(=O)O.CCCCCCCCC=CCCCC(=O)O.[Zn]. The van der Waals surface area contributed by atoms with Crippen LogP contribution in [0.1, 0.15) is 142 Å². The number of hydrogen-bond donors (Lipinski definition) is 2. The standard InChI is InChI=1S/2C14H26O2.Zn/c2*1-2-3-4-5-6-7-8-9-10-11-12-13-14(15)16;/h2*9-10H,2-8,11-13H2,1H3,(H,15,16);. The van der Waals surface area contributed by atoms with E-state index in [1.165, 1.54) is 77.0 Å². The van der Waals surface area contributed by atoms with Gasteiger partial charge in [0.2, 0.25) is 0 Å². The Morgan fingerprint density at radius 3 is 1.06 bits per heavy atom. The van der Waals surface area contributed by atoms with Gasteiger partial charge in [0.1, 0.15) is 0 Å². The van der Waals surface area contributed by atoms with Crippen LogP contribution in [-0.4, -0.2) is 22.2 Å². The number of hydrogen-bond acceptors (Lipinski definition) is 2. The first kappa shape index (κ1) is 36.6. The van der Waals surface area contributed by atoms with Crippen LogP contribution in [0.5, 0.6) is 0 Å². The molecule has 0 spiro atoms. The number of unbranched alkanes of at least 4 members (excludes halogenated alkanes) is 14. The first-order valence-electron chi connectivity index (χ1n) is 13.3. The summed E-state index contributed by atoms with van der Waals surface area (Å²) < 4.78 is 0. The Balaban J connectivity index is -0.000000529. The Morgan fingerprint density at radius 2 is 0.758 bits per heavy atom. The van der Waals surface area contributed by atoms with E-state index in [9.17, 15) is 9.59 Å². The van der Waals surface area contributed by atoms with Gasteiger partial charge in [-0.05, 0) is 51.4 Å². The molecule has 0 amide bonds. The third kappa shape index (κ3) is 41.8. The number of carboxylic acid groups (broad SMARTS) is 2. The van der Waals surface area contributed by atoms with Crippen molar-refractivity contribution in [1.82, 2.24) is 0 Å². The van der Waals surface area contributed by atoms with Crippen molar-refractivity contribution in [3.63, 3.8) is 0 Å². The average Bonchev–Trinajstić information content (AvgIpc) is 2.76. The minimum atomic E-state index is -0.690. The smallest absolute Gasteiger partial charge is 0.303 e. The number of carbonyl (C=O) groups is 2. The second-order valence-electron chi connectivity index (χ2n) is 8.63.